The van der Waals surface area contributed by atoms with Crippen molar-refractivity contribution in [3.63, 3.8) is 0 Å². The Morgan fingerprint density at radius 2 is 1.64 bits per heavy atom. The molecule has 2 unspecified atom stereocenters. The zero-order chi connectivity index (χ0) is 28.8. The molecule has 8 heteroatoms. The van der Waals surface area contributed by atoms with Crippen molar-refractivity contribution in [1.29, 1.82) is 0 Å². The van der Waals surface area contributed by atoms with Crippen LogP contribution in [0.15, 0.2) is 60.7 Å². The van der Waals surface area contributed by atoms with Crippen molar-refractivity contribution in [3.8, 4) is 11.1 Å². The smallest absolute Gasteiger partial charge is 0.306 e. The van der Waals surface area contributed by atoms with Gasteiger partial charge in [-0.3, -0.25) is 4.79 Å². The minimum Gasteiger partial charge on any atom is -0.457 e. The summed E-state index contributed by atoms with van der Waals surface area (Å²) in [5, 5.41) is 4.44. The zero-order valence-corrected chi connectivity index (χ0v) is 24.7. The van der Waals surface area contributed by atoms with Crippen LogP contribution in [0.1, 0.15) is 81.2 Å². The number of rotatable bonds is 12. The second-order valence-electron chi connectivity index (χ2n) is 11.0. The Morgan fingerprint density at radius 1 is 0.929 bits per heavy atom. The molecule has 1 aliphatic heterocycles. The third kappa shape index (κ3) is 7.56. The SMILES string of the molecule is CCCCCCC(=O)OC(CCCC1Cc2[nH]c3c(F)ccc(-c4ccc(F)cc4)c3c2CN1)c1ccc(F)cc1.Cl. The van der Waals surface area contributed by atoms with Gasteiger partial charge in [-0.15, -0.1) is 12.4 Å². The molecule has 4 aromatic rings. The van der Waals surface area contributed by atoms with Gasteiger partial charge in [0.25, 0.3) is 0 Å². The van der Waals surface area contributed by atoms with Gasteiger partial charge in [-0.1, -0.05) is 56.5 Å². The van der Waals surface area contributed by atoms with Crippen LogP contribution in [-0.4, -0.2) is 17.0 Å². The zero-order valence-electron chi connectivity index (χ0n) is 23.9. The van der Waals surface area contributed by atoms with Crippen LogP contribution in [0.3, 0.4) is 0 Å². The maximum absolute atomic E-state index is 14.9. The summed E-state index contributed by atoms with van der Waals surface area (Å²) in [5.74, 6) is -1.16. The molecule has 0 saturated heterocycles. The van der Waals surface area contributed by atoms with Crippen molar-refractivity contribution in [2.24, 2.45) is 0 Å². The highest BCUT2D eigenvalue weighted by Gasteiger charge is 2.26. The van der Waals surface area contributed by atoms with E-state index >= 15 is 0 Å². The van der Waals surface area contributed by atoms with Gasteiger partial charge in [-0.2, -0.15) is 0 Å². The normalized spacial score (nSPS) is 15.2. The van der Waals surface area contributed by atoms with Crippen LogP contribution in [0.4, 0.5) is 13.2 Å². The Morgan fingerprint density at radius 3 is 2.36 bits per heavy atom. The Balaban J connectivity index is 0.00000405. The van der Waals surface area contributed by atoms with E-state index in [4.69, 9.17) is 4.74 Å². The fraction of sp³-hybridized carbons (Fsp3) is 0.382. The first-order valence-corrected chi connectivity index (χ1v) is 14.7. The van der Waals surface area contributed by atoms with Crippen molar-refractivity contribution in [2.45, 2.75) is 83.4 Å². The van der Waals surface area contributed by atoms with Gasteiger partial charge in [-0.25, -0.2) is 13.2 Å². The van der Waals surface area contributed by atoms with Crippen LogP contribution in [0, 0.1) is 17.5 Å². The molecule has 0 aliphatic carbocycles. The number of H-pyrrole nitrogens is 1. The highest BCUT2D eigenvalue weighted by atomic mass is 35.5. The molecule has 2 atom stereocenters. The lowest BCUT2D eigenvalue weighted by Crippen LogP contribution is -2.35. The van der Waals surface area contributed by atoms with Crippen LogP contribution in [0.2, 0.25) is 0 Å². The molecule has 0 amide bonds. The fourth-order valence-corrected chi connectivity index (χ4v) is 5.83. The average molecular weight is 599 g/mol. The fourth-order valence-electron chi connectivity index (χ4n) is 5.83. The maximum Gasteiger partial charge on any atom is 0.306 e. The van der Waals surface area contributed by atoms with Gasteiger partial charge in [0.05, 0.1) is 5.52 Å². The summed E-state index contributed by atoms with van der Waals surface area (Å²) in [4.78, 5) is 15.9. The first kappa shape index (κ1) is 31.6. The number of ether oxygens (including phenoxy) is 1. The van der Waals surface area contributed by atoms with Gasteiger partial charge in [-0.05, 0) is 78.3 Å². The highest BCUT2D eigenvalue weighted by Crippen LogP contribution is 2.37. The highest BCUT2D eigenvalue weighted by molar-refractivity contribution is 5.99. The number of carbonyl (C=O) groups is 1. The lowest BCUT2D eigenvalue weighted by Gasteiger charge is -2.25. The molecule has 2 N–H and O–H groups in total. The molecule has 4 nitrogen and oxygen atoms in total. The third-order valence-corrected chi connectivity index (χ3v) is 8.04. The summed E-state index contributed by atoms with van der Waals surface area (Å²) >= 11 is 0. The topological polar surface area (TPSA) is 54.1 Å². The maximum atomic E-state index is 14.9. The number of aromatic amines is 1. The van der Waals surface area contributed by atoms with Crippen molar-refractivity contribution in [3.05, 3.63) is 94.9 Å². The molecule has 0 spiro atoms. The van der Waals surface area contributed by atoms with Gasteiger partial charge in [0.1, 0.15) is 23.6 Å². The molecule has 2 heterocycles. The Bertz CT molecular complexity index is 1470. The molecule has 3 aromatic carbocycles. The monoisotopic (exact) mass is 598 g/mol. The van der Waals surface area contributed by atoms with E-state index < -0.39 is 6.10 Å². The number of benzene rings is 3. The van der Waals surface area contributed by atoms with Gasteiger partial charge in [0.15, 0.2) is 0 Å². The first-order valence-electron chi connectivity index (χ1n) is 14.7. The Kier molecular flexibility index (Phi) is 11.1. The Hall–Kier alpha value is -3.29. The average Bonchev–Trinajstić information content (AvgIpc) is 3.36. The van der Waals surface area contributed by atoms with E-state index in [0.29, 0.717) is 31.3 Å². The molecule has 42 heavy (non-hydrogen) atoms. The third-order valence-electron chi connectivity index (χ3n) is 8.04. The minimum absolute atomic E-state index is 0. The summed E-state index contributed by atoms with van der Waals surface area (Å²) in [5.41, 5.74) is 5.03. The number of unbranched alkanes of at least 4 members (excludes halogenated alkanes) is 3. The van der Waals surface area contributed by atoms with Crippen molar-refractivity contribution < 1.29 is 22.7 Å². The molecule has 224 valence electrons. The second-order valence-corrected chi connectivity index (χ2v) is 11.0. The number of hydrogen-bond acceptors (Lipinski definition) is 3. The number of halogens is 4. The molecule has 1 aromatic heterocycles. The van der Waals surface area contributed by atoms with Crippen molar-refractivity contribution in [1.82, 2.24) is 10.3 Å². The van der Waals surface area contributed by atoms with Crippen molar-refractivity contribution in [2.75, 3.05) is 0 Å². The Labute approximate surface area is 251 Å². The summed E-state index contributed by atoms with van der Waals surface area (Å²) in [7, 11) is 0. The second kappa shape index (κ2) is 14.7. The van der Waals surface area contributed by atoms with Crippen molar-refractivity contribution >= 4 is 29.3 Å². The van der Waals surface area contributed by atoms with Gasteiger partial charge in [0, 0.05) is 36.5 Å². The molecular formula is C34H38ClF3N2O2. The quantitative estimate of drug-likeness (QED) is 0.126. The number of carbonyl (C=O) groups excluding carboxylic acids is 1. The van der Waals surface area contributed by atoms with Gasteiger partial charge < -0.3 is 15.0 Å². The number of esters is 1. The van der Waals surface area contributed by atoms with E-state index in [0.717, 1.165) is 71.9 Å². The standard InChI is InChI=1S/C34H37F3N2O2.ClH/c1-2-3-4-5-9-32(40)41-31(23-12-16-25(36)17-13-23)8-6-7-26-20-30-28(21-38-26)33-27(18-19-29(37)34(33)39-30)22-10-14-24(35)15-11-22;/h10-19,26,31,38-39H,2-9,20-21H2,1H3;1H. The molecule has 1 aliphatic rings. The number of fused-ring (bicyclic) bond motifs is 3. The van der Waals surface area contributed by atoms with E-state index in [1.54, 1.807) is 30.3 Å². The van der Waals surface area contributed by atoms with E-state index in [1.807, 2.05) is 0 Å². The van der Waals surface area contributed by atoms with E-state index in [9.17, 15) is 18.0 Å². The summed E-state index contributed by atoms with van der Waals surface area (Å²) in [6.45, 7) is 2.72. The number of nitrogens with one attached hydrogen (secondary N) is 2. The summed E-state index contributed by atoms with van der Waals surface area (Å²) < 4.78 is 47.8. The lowest BCUT2D eigenvalue weighted by atomic mass is 9.93. The summed E-state index contributed by atoms with van der Waals surface area (Å²) in [6.07, 6.45) is 6.97. The number of hydrogen-bond donors (Lipinski definition) is 2. The number of aromatic nitrogens is 1. The first-order chi connectivity index (χ1) is 19.9. The van der Waals surface area contributed by atoms with E-state index in [-0.39, 0.29) is 41.9 Å². The lowest BCUT2D eigenvalue weighted by molar-refractivity contribution is -0.150. The molecular weight excluding hydrogens is 561 g/mol. The molecule has 0 fully saturated rings. The van der Waals surface area contributed by atoms with E-state index in [1.165, 1.54) is 30.3 Å². The summed E-state index contributed by atoms with van der Waals surface area (Å²) in [6, 6.07) is 15.8. The van der Waals surface area contributed by atoms with Crippen LogP contribution in [0.25, 0.3) is 22.0 Å². The molecule has 0 radical (unpaired) electrons. The van der Waals surface area contributed by atoms with Crippen LogP contribution >= 0.6 is 12.4 Å². The van der Waals surface area contributed by atoms with E-state index in [2.05, 4.69) is 17.2 Å². The molecule has 0 saturated carbocycles. The van der Waals surface area contributed by atoms with Crippen LogP contribution in [0.5, 0.6) is 0 Å². The predicted octanol–water partition coefficient (Wildman–Crippen LogP) is 9.11. The van der Waals surface area contributed by atoms with Gasteiger partial charge >= 0.3 is 5.97 Å². The van der Waals surface area contributed by atoms with Crippen LogP contribution in [-0.2, 0) is 22.5 Å². The minimum atomic E-state index is -0.422. The largest absolute Gasteiger partial charge is 0.457 e. The molecule has 0 bridgehead atoms. The van der Waals surface area contributed by atoms with Gasteiger partial charge in [0.2, 0.25) is 0 Å². The van der Waals surface area contributed by atoms with Crippen LogP contribution < -0.4 is 5.32 Å². The predicted molar refractivity (Wildman–Crippen MR) is 163 cm³/mol. The molecule has 5 rings (SSSR count).